The molecule has 2 aromatic rings. The number of pyridine rings is 1. The summed E-state index contributed by atoms with van der Waals surface area (Å²) < 4.78 is 35.7. The van der Waals surface area contributed by atoms with Gasteiger partial charge < -0.3 is 19.2 Å². The van der Waals surface area contributed by atoms with Gasteiger partial charge in [-0.25, -0.2) is 13.8 Å². The van der Waals surface area contributed by atoms with Crippen molar-refractivity contribution in [2.75, 3.05) is 24.6 Å². The lowest BCUT2D eigenvalue weighted by atomic mass is 9.96. The van der Waals surface area contributed by atoms with E-state index >= 15 is 0 Å². The van der Waals surface area contributed by atoms with E-state index in [-0.39, 0.29) is 23.7 Å². The van der Waals surface area contributed by atoms with Gasteiger partial charge in [0.2, 0.25) is 5.88 Å². The summed E-state index contributed by atoms with van der Waals surface area (Å²) in [6, 6.07) is 11.4. The van der Waals surface area contributed by atoms with Gasteiger partial charge in [0.15, 0.2) is 6.61 Å². The zero-order chi connectivity index (χ0) is 20.8. The number of ketones is 1. The second-order valence-electron chi connectivity index (χ2n) is 7.41. The van der Waals surface area contributed by atoms with Gasteiger partial charge in [0.05, 0.1) is 6.54 Å². The molecule has 3 rings (SSSR count). The highest BCUT2D eigenvalue weighted by atomic mass is 19.3. The third-order valence-electron chi connectivity index (χ3n) is 4.93. The van der Waals surface area contributed by atoms with Gasteiger partial charge in [-0.05, 0) is 36.6 Å². The van der Waals surface area contributed by atoms with Gasteiger partial charge in [0.1, 0.15) is 17.6 Å². The zero-order valence-electron chi connectivity index (χ0n) is 16.7. The largest absolute Gasteiger partial charge is 0.489 e. The number of alkyl halides is 2. The van der Waals surface area contributed by atoms with Crippen LogP contribution in [0.1, 0.15) is 38.2 Å². The highest BCUT2D eigenvalue weighted by Gasteiger charge is 2.25. The quantitative estimate of drug-likeness (QED) is 0.617. The summed E-state index contributed by atoms with van der Waals surface area (Å²) in [7, 11) is 0. The van der Waals surface area contributed by atoms with Crippen molar-refractivity contribution < 1.29 is 23.0 Å². The van der Waals surface area contributed by atoms with Crippen LogP contribution in [0.4, 0.5) is 14.5 Å². The standard InChI is InChI=1S/C22H26F2N2O3/c1-15(11-16(2)27)17-3-5-19(6-4-17)29-20-8-10-26(13-20)18-7-9-25-22(12-18)28-14-21(23)24/h3-7,9,12,15,20-21H,8,10-11,13-14H2,1-2H3/t15-,20-/m1/s1. The number of carbonyl (C=O) groups is 1. The van der Waals surface area contributed by atoms with Crippen molar-refractivity contribution in [1.82, 2.24) is 4.98 Å². The average molecular weight is 404 g/mol. The predicted octanol–water partition coefficient (Wildman–Crippen LogP) is 4.47. The van der Waals surface area contributed by atoms with Crippen LogP contribution in [0.25, 0.3) is 0 Å². The molecule has 0 unspecified atom stereocenters. The smallest absolute Gasteiger partial charge is 0.272 e. The monoisotopic (exact) mass is 404 g/mol. The Balaban J connectivity index is 1.55. The molecule has 156 valence electrons. The fraction of sp³-hybridized carbons (Fsp3) is 0.455. The summed E-state index contributed by atoms with van der Waals surface area (Å²) in [4.78, 5) is 17.4. The third-order valence-corrected chi connectivity index (χ3v) is 4.93. The second kappa shape index (κ2) is 9.67. The number of Topliss-reactive ketones (excluding diaryl/α,β-unsaturated/α-hetero) is 1. The molecular formula is C22H26F2N2O3. The molecule has 1 aromatic heterocycles. The topological polar surface area (TPSA) is 51.7 Å². The van der Waals surface area contributed by atoms with E-state index in [1.807, 2.05) is 37.3 Å². The Morgan fingerprint density at radius 3 is 2.72 bits per heavy atom. The maximum atomic E-state index is 12.3. The van der Waals surface area contributed by atoms with Gasteiger partial charge in [-0.15, -0.1) is 0 Å². The number of ether oxygens (including phenoxy) is 2. The summed E-state index contributed by atoms with van der Waals surface area (Å²) in [6.45, 7) is 4.48. The summed E-state index contributed by atoms with van der Waals surface area (Å²) in [5.41, 5.74) is 2.00. The molecule has 2 atom stereocenters. The number of carbonyl (C=O) groups excluding carboxylic acids is 1. The Labute approximate surface area is 169 Å². The fourth-order valence-electron chi connectivity index (χ4n) is 3.50. The third kappa shape index (κ3) is 6.14. The molecule has 0 saturated carbocycles. The average Bonchev–Trinajstić information content (AvgIpc) is 3.15. The van der Waals surface area contributed by atoms with Gasteiger partial charge in [-0.3, -0.25) is 0 Å². The number of rotatable bonds is 9. The molecule has 29 heavy (non-hydrogen) atoms. The predicted molar refractivity (Wildman–Crippen MR) is 107 cm³/mol. The summed E-state index contributed by atoms with van der Waals surface area (Å²) in [5.74, 6) is 1.37. The number of nitrogens with zero attached hydrogens (tertiary/aromatic N) is 2. The van der Waals surface area contributed by atoms with E-state index < -0.39 is 13.0 Å². The molecule has 5 nitrogen and oxygen atoms in total. The normalized spacial score (nSPS) is 17.4. The van der Waals surface area contributed by atoms with Crippen LogP contribution in [0.2, 0.25) is 0 Å². The molecular weight excluding hydrogens is 378 g/mol. The van der Waals surface area contributed by atoms with Crippen molar-refractivity contribution in [2.24, 2.45) is 0 Å². The van der Waals surface area contributed by atoms with Crippen molar-refractivity contribution in [2.45, 2.75) is 45.1 Å². The molecule has 1 aliphatic heterocycles. The van der Waals surface area contributed by atoms with E-state index in [0.717, 1.165) is 30.0 Å². The maximum Gasteiger partial charge on any atom is 0.272 e. The minimum absolute atomic E-state index is 0.0362. The first-order valence-electron chi connectivity index (χ1n) is 9.78. The molecule has 0 radical (unpaired) electrons. The van der Waals surface area contributed by atoms with Crippen LogP contribution in [0.5, 0.6) is 11.6 Å². The first-order valence-corrected chi connectivity index (χ1v) is 9.78. The summed E-state index contributed by atoms with van der Waals surface area (Å²) >= 11 is 0. The molecule has 1 aliphatic rings. The lowest BCUT2D eigenvalue weighted by Gasteiger charge is -2.20. The minimum atomic E-state index is -2.53. The maximum absolute atomic E-state index is 12.3. The number of anilines is 1. The molecule has 1 aromatic carbocycles. The van der Waals surface area contributed by atoms with Gasteiger partial charge in [0.25, 0.3) is 6.43 Å². The van der Waals surface area contributed by atoms with Gasteiger partial charge in [-0.1, -0.05) is 19.1 Å². The van der Waals surface area contributed by atoms with Crippen LogP contribution in [-0.2, 0) is 4.79 Å². The van der Waals surface area contributed by atoms with Crippen LogP contribution >= 0.6 is 0 Å². The Morgan fingerprint density at radius 2 is 2.03 bits per heavy atom. The molecule has 0 spiro atoms. The fourth-order valence-corrected chi connectivity index (χ4v) is 3.50. The molecule has 0 aliphatic carbocycles. The van der Waals surface area contributed by atoms with E-state index in [9.17, 15) is 13.6 Å². The van der Waals surface area contributed by atoms with E-state index in [4.69, 9.17) is 9.47 Å². The van der Waals surface area contributed by atoms with Gasteiger partial charge in [-0.2, -0.15) is 0 Å². The van der Waals surface area contributed by atoms with Crippen molar-refractivity contribution >= 4 is 11.5 Å². The van der Waals surface area contributed by atoms with Crippen molar-refractivity contribution in [3.8, 4) is 11.6 Å². The number of aromatic nitrogens is 1. The SMILES string of the molecule is CC(=O)C[C@@H](C)c1ccc(O[C@@H]2CCN(c3ccnc(OCC(F)F)c3)C2)cc1. The number of halogens is 2. The van der Waals surface area contributed by atoms with Crippen molar-refractivity contribution in [1.29, 1.82) is 0 Å². The molecule has 1 fully saturated rings. The van der Waals surface area contributed by atoms with E-state index in [0.29, 0.717) is 13.0 Å². The Morgan fingerprint density at radius 1 is 1.28 bits per heavy atom. The van der Waals surface area contributed by atoms with Gasteiger partial charge >= 0.3 is 0 Å². The molecule has 0 bridgehead atoms. The molecule has 0 N–H and O–H groups in total. The number of hydrogen-bond acceptors (Lipinski definition) is 5. The van der Waals surface area contributed by atoms with Gasteiger partial charge in [0, 0.05) is 37.3 Å². The second-order valence-corrected chi connectivity index (χ2v) is 7.41. The van der Waals surface area contributed by atoms with Crippen molar-refractivity contribution in [3.05, 3.63) is 48.2 Å². The lowest BCUT2D eigenvalue weighted by molar-refractivity contribution is -0.117. The van der Waals surface area contributed by atoms with Crippen LogP contribution < -0.4 is 14.4 Å². The first kappa shape index (κ1) is 21.0. The Kier molecular flexibility index (Phi) is 7.01. The first-order chi connectivity index (χ1) is 13.9. The Hall–Kier alpha value is -2.70. The Bertz CT molecular complexity index is 814. The van der Waals surface area contributed by atoms with E-state index in [1.54, 1.807) is 19.2 Å². The van der Waals surface area contributed by atoms with Crippen LogP contribution in [0, 0.1) is 0 Å². The van der Waals surface area contributed by atoms with Crippen molar-refractivity contribution in [3.63, 3.8) is 0 Å². The van der Waals surface area contributed by atoms with E-state index in [1.165, 1.54) is 0 Å². The number of benzene rings is 1. The molecule has 0 amide bonds. The minimum Gasteiger partial charge on any atom is -0.489 e. The highest BCUT2D eigenvalue weighted by molar-refractivity contribution is 5.76. The molecule has 7 heteroatoms. The summed E-state index contributed by atoms with van der Waals surface area (Å²) in [5, 5.41) is 0. The van der Waals surface area contributed by atoms with Crippen LogP contribution in [0.15, 0.2) is 42.6 Å². The molecule has 2 heterocycles. The zero-order valence-corrected chi connectivity index (χ0v) is 16.7. The van der Waals surface area contributed by atoms with Crippen LogP contribution in [0.3, 0.4) is 0 Å². The van der Waals surface area contributed by atoms with E-state index in [2.05, 4.69) is 9.88 Å². The van der Waals surface area contributed by atoms with Crippen LogP contribution in [-0.4, -0.2) is 43.0 Å². The lowest BCUT2D eigenvalue weighted by Crippen LogP contribution is -2.24. The number of hydrogen-bond donors (Lipinski definition) is 0. The molecule has 1 saturated heterocycles. The summed E-state index contributed by atoms with van der Waals surface area (Å²) in [6.07, 6.45) is 0.465. The highest BCUT2D eigenvalue weighted by Crippen LogP contribution is 2.27.